The SMILES string of the molecule is CCOc1ccc(N([C@@H](C)C(=O)Nc2ccc(Cc3ccncc3)cc2)S(C)(=O)=O)cc1. The highest BCUT2D eigenvalue weighted by Gasteiger charge is 2.29. The number of rotatable bonds is 9. The molecule has 0 bridgehead atoms. The first-order valence-corrected chi connectivity index (χ1v) is 12.1. The number of hydrogen-bond acceptors (Lipinski definition) is 5. The van der Waals surface area contributed by atoms with Gasteiger partial charge in [-0.1, -0.05) is 12.1 Å². The molecule has 1 N–H and O–H groups in total. The standard InChI is InChI=1S/C24H27N3O4S/c1-4-31-23-11-9-22(10-12-23)27(32(3,29)30)18(2)24(28)26-21-7-5-19(6-8-21)17-20-13-15-25-16-14-20/h5-16,18H,4,17H2,1-3H3,(H,26,28)/t18-/m0/s1. The third-order valence-electron chi connectivity index (χ3n) is 4.87. The van der Waals surface area contributed by atoms with Crippen LogP contribution in [0.1, 0.15) is 25.0 Å². The summed E-state index contributed by atoms with van der Waals surface area (Å²) >= 11 is 0. The number of nitrogens with zero attached hydrogens (tertiary/aromatic N) is 2. The second-order valence-electron chi connectivity index (χ2n) is 7.38. The summed E-state index contributed by atoms with van der Waals surface area (Å²) in [5.74, 6) is 0.208. The molecule has 1 aromatic heterocycles. The van der Waals surface area contributed by atoms with Crippen molar-refractivity contribution in [2.24, 2.45) is 0 Å². The maximum Gasteiger partial charge on any atom is 0.247 e. The first-order valence-electron chi connectivity index (χ1n) is 10.3. The maximum atomic E-state index is 12.9. The van der Waals surface area contributed by atoms with Crippen LogP contribution < -0.4 is 14.4 Å². The smallest absolute Gasteiger partial charge is 0.247 e. The zero-order valence-electron chi connectivity index (χ0n) is 18.4. The molecule has 8 heteroatoms. The highest BCUT2D eigenvalue weighted by atomic mass is 32.2. The van der Waals surface area contributed by atoms with E-state index in [4.69, 9.17) is 4.74 Å². The summed E-state index contributed by atoms with van der Waals surface area (Å²) < 4.78 is 31.5. The Kier molecular flexibility index (Phi) is 7.48. The highest BCUT2D eigenvalue weighted by Crippen LogP contribution is 2.24. The minimum Gasteiger partial charge on any atom is -0.494 e. The zero-order valence-corrected chi connectivity index (χ0v) is 19.2. The van der Waals surface area contributed by atoms with Crippen molar-refractivity contribution < 1.29 is 17.9 Å². The minimum absolute atomic E-state index is 0.395. The molecule has 7 nitrogen and oxygen atoms in total. The monoisotopic (exact) mass is 453 g/mol. The summed E-state index contributed by atoms with van der Waals surface area (Å²) in [6.45, 7) is 3.94. The predicted molar refractivity (Wildman–Crippen MR) is 127 cm³/mol. The van der Waals surface area contributed by atoms with E-state index in [0.29, 0.717) is 23.7 Å². The Morgan fingerprint density at radius 1 is 1.00 bits per heavy atom. The van der Waals surface area contributed by atoms with E-state index in [-0.39, 0.29) is 0 Å². The number of sulfonamides is 1. The van der Waals surface area contributed by atoms with Crippen LogP contribution in [-0.2, 0) is 21.2 Å². The van der Waals surface area contributed by atoms with Gasteiger partial charge in [-0.05, 0) is 79.9 Å². The molecule has 168 valence electrons. The number of carbonyl (C=O) groups excluding carboxylic acids is 1. The molecule has 1 amide bonds. The fraction of sp³-hybridized carbons (Fsp3) is 0.250. The normalized spacial score (nSPS) is 12.1. The average Bonchev–Trinajstić information content (AvgIpc) is 2.76. The predicted octanol–water partition coefficient (Wildman–Crippen LogP) is 3.86. The van der Waals surface area contributed by atoms with Gasteiger partial charge < -0.3 is 10.1 Å². The molecule has 0 aliphatic heterocycles. The molecule has 3 rings (SSSR count). The fourth-order valence-corrected chi connectivity index (χ4v) is 4.53. The van der Waals surface area contributed by atoms with Crippen molar-refractivity contribution in [3.63, 3.8) is 0 Å². The van der Waals surface area contributed by atoms with Crippen molar-refractivity contribution in [3.05, 3.63) is 84.2 Å². The van der Waals surface area contributed by atoms with E-state index in [1.807, 2.05) is 43.3 Å². The lowest BCUT2D eigenvalue weighted by atomic mass is 10.1. The third-order valence-corrected chi connectivity index (χ3v) is 6.11. The Labute approximate surface area is 189 Å². The highest BCUT2D eigenvalue weighted by molar-refractivity contribution is 7.92. The number of carbonyl (C=O) groups is 1. The Hall–Kier alpha value is -3.39. The van der Waals surface area contributed by atoms with E-state index >= 15 is 0 Å². The maximum absolute atomic E-state index is 12.9. The van der Waals surface area contributed by atoms with Gasteiger partial charge >= 0.3 is 0 Å². The summed E-state index contributed by atoms with van der Waals surface area (Å²) in [6.07, 6.45) is 5.35. The van der Waals surface area contributed by atoms with Crippen molar-refractivity contribution in [2.75, 3.05) is 22.5 Å². The summed E-state index contributed by atoms with van der Waals surface area (Å²) in [4.78, 5) is 16.9. The molecule has 1 atom stereocenters. The van der Waals surface area contributed by atoms with Gasteiger partial charge in [0.1, 0.15) is 11.8 Å². The Bertz CT molecular complexity index is 1130. The van der Waals surface area contributed by atoms with Crippen LogP contribution in [0.15, 0.2) is 73.1 Å². The molecule has 0 aliphatic carbocycles. The lowest BCUT2D eigenvalue weighted by molar-refractivity contribution is -0.116. The lowest BCUT2D eigenvalue weighted by Gasteiger charge is -2.28. The number of pyridine rings is 1. The number of anilines is 2. The van der Waals surface area contributed by atoms with Gasteiger partial charge in [0.15, 0.2) is 0 Å². The zero-order chi connectivity index (χ0) is 23.1. The van der Waals surface area contributed by atoms with Crippen LogP contribution in [0.3, 0.4) is 0 Å². The fourth-order valence-electron chi connectivity index (χ4n) is 3.35. The summed E-state index contributed by atoms with van der Waals surface area (Å²) in [7, 11) is -3.69. The van der Waals surface area contributed by atoms with Gasteiger partial charge in [0, 0.05) is 18.1 Å². The molecule has 0 spiro atoms. The third kappa shape index (κ3) is 6.07. The molecule has 0 fully saturated rings. The molecular weight excluding hydrogens is 426 g/mol. The lowest BCUT2D eigenvalue weighted by Crippen LogP contribution is -2.45. The number of nitrogens with one attached hydrogen (secondary N) is 1. The van der Waals surface area contributed by atoms with E-state index < -0.39 is 22.0 Å². The van der Waals surface area contributed by atoms with Gasteiger partial charge in [0.25, 0.3) is 0 Å². The minimum atomic E-state index is -3.69. The van der Waals surface area contributed by atoms with E-state index in [1.165, 1.54) is 0 Å². The molecule has 3 aromatic rings. The molecule has 32 heavy (non-hydrogen) atoms. The number of aromatic nitrogens is 1. The first-order chi connectivity index (χ1) is 15.3. The van der Waals surface area contributed by atoms with Gasteiger partial charge in [-0.2, -0.15) is 0 Å². The molecule has 0 saturated heterocycles. The average molecular weight is 454 g/mol. The van der Waals surface area contributed by atoms with Crippen molar-refractivity contribution in [3.8, 4) is 5.75 Å². The summed E-state index contributed by atoms with van der Waals surface area (Å²) in [6, 6.07) is 17.1. The van der Waals surface area contributed by atoms with Gasteiger partial charge in [0.05, 0.1) is 18.6 Å². The number of hydrogen-bond donors (Lipinski definition) is 1. The van der Waals surface area contributed by atoms with E-state index in [2.05, 4.69) is 10.3 Å². The Morgan fingerprint density at radius 2 is 1.59 bits per heavy atom. The van der Waals surface area contributed by atoms with Gasteiger partial charge in [-0.15, -0.1) is 0 Å². The van der Waals surface area contributed by atoms with Crippen molar-refractivity contribution in [2.45, 2.75) is 26.3 Å². The van der Waals surface area contributed by atoms with Gasteiger partial charge in [-0.3, -0.25) is 14.1 Å². The van der Waals surface area contributed by atoms with E-state index in [9.17, 15) is 13.2 Å². The molecule has 1 heterocycles. The van der Waals surface area contributed by atoms with Crippen LogP contribution in [-0.4, -0.2) is 38.2 Å². The van der Waals surface area contributed by atoms with E-state index in [0.717, 1.165) is 28.1 Å². The van der Waals surface area contributed by atoms with Crippen LogP contribution in [0.25, 0.3) is 0 Å². The molecule has 0 aliphatic rings. The topological polar surface area (TPSA) is 88.6 Å². The van der Waals surface area contributed by atoms with Gasteiger partial charge in [-0.25, -0.2) is 8.42 Å². The second-order valence-corrected chi connectivity index (χ2v) is 9.24. The van der Waals surface area contributed by atoms with Crippen molar-refractivity contribution >= 4 is 27.3 Å². The number of ether oxygens (including phenoxy) is 1. The van der Waals surface area contributed by atoms with Crippen LogP contribution in [0, 0.1) is 0 Å². The van der Waals surface area contributed by atoms with Gasteiger partial charge in [0.2, 0.25) is 15.9 Å². The molecular formula is C24H27N3O4S. The number of amides is 1. The van der Waals surface area contributed by atoms with E-state index in [1.54, 1.807) is 43.6 Å². The van der Waals surface area contributed by atoms with Crippen molar-refractivity contribution in [1.29, 1.82) is 0 Å². The van der Waals surface area contributed by atoms with Crippen molar-refractivity contribution in [1.82, 2.24) is 4.98 Å². The molecule has 0 saturated carbocycles. The quantitative estimate of drug-likeness (QED) is 0.531. The number of benzene rings is 2. The molecule has 0 unspecified atom stereocenters. The molecule has 2 aromatic carbocycles. The largest absolute Gasteiger partial charge is 0.494 e. The Morgan fingerprint density at radius 3 is 2.16 bits per heavy atom. The van der Waals surface area contributed by atoms with Crippen LogP contribution in [0.2, 0.25) is 0 Å². The first kappa shape index (κ1) is 23.3. The Balaban J connectivity index is 1.72. The van der Waals surface area contributed by atoms with Crippen LogP contribution in [0.5, 0.6) is 5.75 Å². The summed E-state index contributed by atoms with van der Waals surface area (Å²) in [5.41, 5.74) is 3.23. The molecule has 0 radical (unpaired) electrons. The summed E-state index contributed by atoms with van der Waals surface area (Å²) in [5, 5.41) is 2.81. The van der Waals surface area contributed by atoms with Crippen LogP contribution >= 0.6 is 0 Å². The van der Waals surface area contributed by atoms with Crippen LogP contribution in [0.4, 0.5) is 11.4 Å². The second kappa shape index (κ2) is 10.3.